The average Bonchev–Trinajstić information content (AvgIpc) is 3.28. The Labute approximate surface area is 120 Å². The van der Waals surface area contributed by atoms with Crippen molar-refractivity contribution in [1.29, 1.82) is 0 Å². The van der Waals surface area contributed by atoms with Gasteiger partial charge in [0.05, 0.1) is 0 Å². The molecule has 0 amide bonds. The van der Waals surface area contributed by atoms with Crippen molar-refractivity contribution in [3.05, 3.63) is 35.9 Å². The maximum absolute atomic E-state index is 11.7. The SMILES string of the molecule is CCCCN(CC(N)(C(=O)O)c1ccccc1)C1CC1. The van der Waals surface area contributed by atoms with Gasteiger partial charge in [0.1, 0.15) is 0 Å². The molecule has 1 aromatic rings. The summed E-state index contributed by atoms with van der Waals surface area (Å²) in [7, 11) is 0. The Bertz CT molecular complexity index is 445. The minimum atomic E-state index is -1.32. The van der Waals surface area contributed by atoms with Crippen LogP contribution in [0.4, 0.5) is 0 Å². The summed E-state index contributed by atoms with van der Waals surface area (Å²) in [4.78, 5) is 14.0. The fourth-order valence-corrected chi connectivity index (χ4v) is 2.53. The van der Waals surface area contributed by atoms with E-state index in [0.717, 1.165) is 32.2 Å². The quantitative estimate of drug-likeness (QED) is 0.764. The minimum absolute atomic E-state index is 0.386. The van der Waals surface area contributed by atoms with Gasteiger partial charge in [-0.25, -0.2) is 4.79 Å². The van der Waals surface area contributed by atoms with Crippen LogP contribution in [0.5, 0.6) is 0 Å². The zero-order valence-electron chi connectivity index (χ0n) is 12.1. The van der Waals surface area contributed by atoms with Crippen molar-refractivity contribution in [2.45, 2.75) is 44.2 Å². The molecule has 3 N–H and O–H groups in total. The molecule has 1 unspecified atom stereocenters. The number of hydrogen-bond acceptors (Lipinski definition) is 3. The highest BCUT2D eigenvalue weighted by atomic mass is 16.4. The van der Waals surface area contributed by atoms with E-state index in [1.807, 2.05) is 18.2 Å². The van der Waals surface area contributed by atoms with Gasteiger partial charge >= 0.3 is 5.97 Å². The Balaban J connectivity index is 2.17. The predicted molar refractivity (Wildman–Crippen MR) is 79.4 cm³/mol. The first-order valence-corrected chi connectivity index (χ1v) is 7.39. The molecule has 1 fully saturated rings. The van der Waals surface area contributed by atoms with Crippen LogP contribution in [-0.2, 0) is 10.3 Å². The summed E-state index contributed by atoms with van der Waals surface area (Å²) in [5.74, 6) is -0.953. The molecule has 1 saturated carbocycles. The van der Waals surface area contributed by atoms with Gasteiger partial charge in [-0.3, -0.25) is 4.90 Å². The number of carboxylic acids is 1. The van der Waals surface area contributed by atoms with Crippen molar-refractivity contribution >= 4 is 5.97 Å². The molecular weight excluding hydrogens is 252 g/mol. The largest absolute Gasteiger partial charge is 0.480 e. The van der Waals surface area contributed by atoms with Crippen molar-refractivity contribution in [2.75, 3.05) is 13.1 Å². The maximum Gasteiger partial charge on any atom is 0.329 e. The summed E-state index contributed by atoms with van der Waals surface area (Å²) < 4.78 is 0. The Morgan fingerprint density at radius 3 is 2.55 bits per heavy atom. The third-order valence-electron chi connectivity index (χ3n) is 3.99. The smallest absolute Gasteiger partial charge is 0.329 e. The van der Waals surface area contributed by atoms with Gasteiger partial charge in [0.25, 0.3) is 0 Å². The summed E-state index contributed by atoms with van der Waals surface area (Å²) in [5, 5.41) is 9.61. The predicted octanol–water partition coefficient (Wildman–Crippen LogP) is 2.19. The second-order valence-corrected chi connectivity index (χ2v) is 5.70. The van der Waals surface area contributed by atoms with E-state index in [9.17, 15) is 9.90 Å². The maximum atomic E-state index is 11.7. The molecule has 20 heavy (non-hydrogen) atoms. The van der Waals surface area contributed by atoms with Gasteiger partial charge in [-0.15, -0.1) is 0 Å². The molecule has 1 aliphatic carbocycles. The summed E-state index contributed by atoms with van der Waals surface area (Å²) in [6, 6.07) is 9.69. The molecule has 0 aromatic heterocycles. The van der Waals surface area contributed by atoms with Gasteiger partial charge in [-0.05, 0) is 31.4 Å². The van der Waals surface area contributed by atoms with E-state index in [0.29, 0.717) is 18.2 Å². The van der Waals surface area contributed by atoms with Crippen molar-refractivity contribution in [2.24, 2.45) is 5.73 Å². The number of carbonyl (C=O) groups is 1. The van der Waals surface area contributed by atoms with Gasteiger partial charge in [-0.2, -0.15) is 0 Å². The second-order valence-electron chi connectivity index (χ2n) is 5.70. The van der Waals surface area contributed by atoms with Crippen molar-refractivity contribution in [3.8, 4) is 0 Å². The van der Waals surface area contributed by atoms with E-state index in [1.54, 1.807) is 12.1 Å². The van der Waals surface area contributed by atoms with Gasteiger partial charge in [0, 0.05) is 12.6 Å². The van der Waals surface area contributed by atoms with Crippen LogP contribution in [0, 0.1) is 0 Å². The zero-order chi connectivity index (χ0) is 14.6. The van der Waals surface area contributed by atoms with Gasteiger partial charge < -0.3 is 10.8 Å². The first-order chi connectivity index (χ1) is 9.58. The van der Waals surface area contributed by atoms with Gasteiger partial charge in [0.2, 0.25) is 0 Å². The highest BCUT2D eigenvalue weighted by molar-refractivity contribution is 5.80. The van der Waals surface area contributed by atoms with E-state index in [2.05, 4.69) is 11.8 Å². The summed E-state index contributed by atoms with van der Waals surface area (Å²) in [5.41, 5.74) is 5.61. The number of rotatable bonds is 8. The average molecular weight is 276 g/mol. The van der Waals surface area contributed by atoms with Crippen LogP contribution in [0.3, 0.4) is 0 Å². The molecule has 4 nitrogen and oxygen atoms in total. The summed E-state index contributed by atoms with van der Waals surface area (Å²) in [6.07, 6.45) is 4.52. The lowest BCUT2D eigenvalue weighted by molar-refractivity contribution is -0.144. The topological polar surface area (TPSA) is 66.6 Å². The van der Waals surface area contributed by atoms with Crippen LogP contribution in [0.1, 0.15) is 38.2 Å². The lowest BCUT2D eigenvalue weighted by Crippen LogP contribution is -2.54. The molecule has 4 heteroatoms. The van der Waals surface area contributed by atoms with Gasteiger partial charge in [-0.1, -0.05) is 43.7 Å². The van der Waals surface area contributed by atoms with Crippen LogP contribution in [-0.4, -0.2) is 35.1 Å². The van der Waals surface area contributed by atoms with Crippen molar-refractivity contribution in [3.63, 3.8) is 0 Å². The second kappa shape index (κ2) is 6.37. The molecule has 0 radical (unpaired) electrons. The third-order valence-corrected chi connectivity index (χ3v) is 3.99. The van der Waals surface area contributed by atoms with Crippen LogP contribution >= 0.6 is 0 Å². The lowest BCUT2D eigenvalue weighted by atomic mass is 9.90. The highest BCUT2D eigenvalue weighted by Crippen LogP contribution is 2.30. The monoisotopic (exact) mass is 276 g/mol. The molecular formula is C16H24N2O2. The van der Waals surface area contributed by atoms with E-state index in [4.69, 9.17) is 5.73 Å². The Kier molecular flexibility index (Phi) is 4.78. The van der Waals surface area contributed by atoms with Crippen LogP contribution in [0.15, 0.2) is 30.3 Å². The Morgan fingerprint density at radius 2 is 2.05 bits per heavy atom. The van der Waals surface area contributed by atoms with Gasteiger partial charge in [0.15, 0.2) is 5.54 Å². The van der Waals surface area contributed by atoms with E-state index >= 15 is 0 Å². The number of benzene rings is 1. The standard InChI is InChI=1S/C16H24N2O2/c1-2-3-11-18(14-9-10-14)12-16(17,15(19)20)13-7-5-4-6-8-13/h4-8,14H,2-3,9-12,17H2,1H3,(H,19,20). The van der Waals surface area contributed by atoms with E-state index in [1.165, 1.54) is 0 Å². The zero-order valence-corrected chi connectivity index (χ0v) is 12.1. The molecule has 0 saturated heterocycles. The molecule has 0 heterocycles. The minimum Gasteiger partial charge on any atom is -0.480 e. The molecule has 0 aliphatic heterocycles. The number of unbranched alkanes of at least 4 members (excludes halogenated alkanes) is 1. The van der Waals surface area contributed by atoms with Crippen LogP contribution < -0.4 is 5.73 Å². The van der Waals surface area contributed by atoms with Crippen molar-refractivity contribution < 1.29 is 9.90 Å². The normalized spacial score (nSPS) is 17.9. The Morgan fingerprint density at radius 1 is 1.40 bits per heavy atom. The molecule has 0 bridgehead atoms. The van der Waals surface area contributed by atoms with Crippen LogP contribution in [0.2, 0.25) is 0 Å². The molecule has 110 valence electrons. The number of carboxylic acid groups (broad SMARTS) is 1. The summed E-state index contributed by atoms with van der Waals surface area (Å²) in [6.45, 7) is 3.46. The van der Waals surface area contributed by atoms with Crippen molar-refractivity contribution in [1.82, 2.24) is 4.90 Å². The first kappa shape index (κ1) is 15.0. The third kappa shape index (κ3) is 3.38. The molecule has 1 aromatic carbocycles. The van der Waals surface area contributed by atoms with E-state index in [-0.39, 0.29) is 0 Å². The molecule has 1 aliphatic rings. The number of nitrogens with zero attached hydrogens (tertiary/aromatic N) is 1. The summed E-state index contributed by atoms with van der Waals surface area (Å²) >= 11 is 0. The highest BCUT2D eigenvalue weighted by Gasteiger charge is 2.41. The van der Waals surface area contributed by atoms with E-state index < -0.39 is 11.5 Å². The fourth-order valence-electron chi connectivity index (χ4n) is 2.53. The fraction of sp³-hybridized carbons (Fsp3) is 0.562. The molecule has 0 spiro atoms. The molecule has 2 rings (SSSR count). The Hall–Kier alpha value is -1.39. The number of hydrogen-bond donors (Lipinski definition) is 2. The number of nitrogens with two attached hydrogens (primary N) is 1. The van der Waals surface area contributed by atoms with Crippen LogP contribution in [0.25, 0.3) is 0 Å². The first-order valence-electron chi connectivity index (χ1n) is 7.39. The lowest BCUT2D eigenvalue weighted by Gasteiger charge is -2.32. The number of aliphatic carboxylic acids is 1. The molecule has 1 atom stereocenters.